The van der Waals surface area contributed by atoms with Crippen molar-refractivity contribution in [1.82, 2.24) is 15.0 Å². The molecule has 5 N–H and O–H groups in total. The van der Waals surface area contributed by atoms with Crippen molar-refractivity contribution in [3.8, 4) is 5.75 Å². The van der Waals surface area contributed by atoms with Crippen LogP contribution in [0, 0.1) is 6.92 Å². The van der Waals surface area contributed by atoms with Gasteiger partial charge in [0.15, 0.2) is 11.2 Å². The molecule has 0 unspecified atom stereocenters. The third kappa shape index (κ3) is 4.53. The third-order valence-corrected chi connectivity index (χ3v) is 4.71. The van der Waals surface area contributed by atoms with Crippen LogP contribution in [-0.2, 0) is 4.79 Å². The van der Waals surface area contributed by atoms with Crippen molar-refractivity contribution in [3.63, 3.8) is 0 Å². The number of nitrogens with one attached hydrogen (secondary N) is 3. The molecule has 1 amide bonds. The summed E-state index contributed by atoms with van der Waals surface area (Å²) < 4.78 is 10.7. The van der Waals surface area contributed by atoms with E-state index in [-0.39, 0.29) is 0 Å². The predicted molar refractivity (Wildman–Crippen MR) is 121 cm³/mol. The van der Waals surface area contributed by atoms with Crippen LogP contribution in [-0.4, -0.2) is 26.5 Å². The van der Waals surface area contributed by atoms with Crippen molar-refractivity contribution in [2.45, 2.75) is 26.4 Å². The van der Waals surface area contributed by atoms with Gasteiger partial charge in [0.2, 0.25) is 5.95 Å². The molecular weight excluding hydrogens is 412 g/mol. The number of aromatic amines is 1. The molecule has 2 heterocycles. The van der Waals surface area contributed by atoms with Gasteiger partial charge in [0, 0.05) is 29.2 Å². The van der Waals surface area contributed by atoms with E-state index in [1.807, 2.05) is 13.0 Å². The van der Waals surface area contributed by atoms with Gasteiger partial charge < -0.3 is 25.5 Å². The summed E-state index contributed by atoms with van der Waals surface area (Å²) in [7, 11) is 0. The number of fused-ring (bicyclic) bond motifs is 1. The monoisotopic (exact) mass is 434 g/mol. The number of carbonyl (C=O) groups is 1. The number of primary amides is 1. The van der Waals surface area contributed by atoms with Crippen LogP contribution in [0.15, 0.2) is 57.9 Å². The number of nitrogens with two attached hydrogens (primary N) is 1. The van der Waals surface area contributed by atoms with E-state index in [0.717, 1.165) is 11.3 Å². The molecule has 0 spiro atoms. The number of nitrogens with zero attached hydrogens (tertiary/aromatic N) is 2. The van der Waals surface area contributed by atoms with Crippen molar-refractivity contribution in [2.75, 3.05) is 10.6 Å². The first-order chi connectivity index (χ1) is 15.2. The van der Waals surface area contributed by atoms with E-state index in [2.05, 4.69) is 25.6 Å². The molecule has 0 atom stereocenters. The first-order valence-electron chi connectivity index (χ1n) is 9.79. The molecule has 10 nitrogen and oxygen atoms in total. The number of aryl methyl sites for hydroxylation is 1. The number of benzene rings is 2. The number of ether oxygens (including phenoxy) is 1. The van der Waals surface area contributed by atoms with Gasteiger partial charge in [-0.2, -0.15) is 4.98 Å². The Labute approximate surface area is 182 Å². The highest BCUT2D eigenvalue weighted by Crippen LogP contribution is 2.26. The molecule has 0 radical (unpaired) electrons. The van der Waals surface area contributed by atoms with E-state index in [1.165, 1.54) is 0 Å². The minimum absolute atomic E-state index is 0.363. The topological polar surface area (TPSA) is 148 Å². The van der Waals surface area contributed by atoms with Crippen molar-refractivity contribution in [1.29, 1.82) is 0 Å². The zero-order chi connectivity index (χ0) is 22.9. The average Bonchev–Trinajstić information content (AvgIpc) is 3.09. The van der Waals surface area contributed by atoms with Crippen molar-refractivity contribution in [3.05, 3.63) is 64.8 Å². The molecule has 4 aromatic rings. The lowest BCUT2D eigenvalue weighted by Gasteiger charge is -2.23. The number of oxazole rings is 1. The van der Waals surface area contributed by atoms with Gasteiger partial charge in [-0.15, -0.1) is 0 Å². The number of aromatic nitrogens is 3. The highest BCUT2D eigenvalue weighted by Gasteiger charge is 2.27. The fraction of sp³-hybridized carbons (Fsp3) is 0.182. The van der Waals surface area contributed by atoms with E-state index in [0.29, 0.717) is 34.3 Å². The van der Waals surface area contributed by atoms with E-state index < -0.39 is 17.3 Å². The predicted octanol–water partition coefficient (Wildman–Crippen LogP) is 3.35. The zero-order valence-corrected chi connectivity index (χ0v) is 17.7. The van der Waals surface area contributed by atoms with Crippen LogP contribution in [0.1, 0.15) is 19.4 Å². The second kappa shape index (κ2) is 8.06. The van der Waals surface area contributed by atoms with Gasteiger partial charge in [-0.05, 0) is 51.1 Å². The highest BCUT2D eigenvalue weighted by atomic mass is 16.5. The van der Waals surface area contributed by atoms with Crippen molar-refractivity contribution < 1.29 is 13.9 Å². The molecule has 0 aliphatic rings. The Morgan fingerprint density at radius 3 is 2.72 bits per heavy atom. The Morgan fingerprint density at radius 1 is 1.16 bits per heavy atom. The summed E-state index contributed by atoms with van der Waals surface area (Å²) in [5.74, 6) is 0.363. The molecule has 10 heteroatoms. The molecule has 0 aliphatic carbocycles. The molecule has 0 saturated heterocycles. The standard InChI is InChI=1S/C22H22N6O4/c1-12-11-24-20(26-13-5-4-6-15(9-13)32-22(2,3)19(23)29)28-18(12)25-14-7-8-17-16(10-14)27-21(30)31-17/h4-11H,1-3H3,(H2,23,29)(H,27,30)(H2,24,25,26,28). The maximum absolute atomic E-state index is 11.5. The number of hydrogen-bond acceptors (Lipinski definition) is 8. The normalized spacial score (nSPS) is 11.3. The molecule has 32 heavy (non-hydrogen) atoms. The van der Waals surface area contributed by atoms with E-state index in [9.17, 15) is 9.59 Å². The van der Waals surface area contributed by atoms with Gasteiger partial charge in [-0.25, -0.2) is 9.78 Å². The number of H-pyrrole nitrogens is 1. The Hall–Kier alpha value is -4.34. The summed E-state index contributed by atoms with van der Waals surface area (Å²) in [4.78, 5) is 34.4. The van der Waals surface area contributed by atoms with Gasteiger partial charge in [-0.3, -0.25) is 9.78 Å². The smallest absolute Gasteiger partial charge is 0.417 e. The molecule has 164 valence electrons. The summed E-state index contributed by atoms with van der Waals surface area (Å²) in [5, 5.41) is 6.35. The van der Waals surface area contributed by atoms with Crippen LogP contribution < -0.4 is 26.9 Å². The van der Waals surface area contributed by atoms with Crippen molar-refractivity contribution in [2.24, 2.45) is 5.73 Å². The van der Waals surface area contributed by atoms with Gasteiger partial charge >= 0.3 is 5.76 Å². The highest BCUT2D eigenvalue weighted by molar-refractivity contribution is 5.83. The molecule has 2 aromatic heterocycles. The van der Waals surface area contributed by atoms with Crippen LogP contribution in [0.2, 0.25) is 0 Å². The molecule has 0 fully saturated rings. The Balaban J connectivity index is 1.54. The molecule has 0 aliphatic heterocycles. The van der Waals surface area contributed by atoms with Gasteiger partial charge in [0.05, 0.1) is 5.52 Å². The summed E-state index contributed by atoms with van der Waals surface area (Å²) in [6.07, 6.45) is 1.69. The number of hydrogen-bond donors (Lipinski definition) is 4. The molecule has 0 bridgehead atoms. The van der Waals surface area contributed by atoms with Crippen molar-refractivity contribution >= 4 is 40.1 Å². The first-order valence-corrected chi connectivity index (χ1v) is 9.79. The molecule has 4 rings (SSSR count). The first kappa shape index (κ1) is 20.9. The lowest BCUT2D eigenvalue weighted by atomic mass is 10.1. The summed E-state index contributed by atoms with van der Waals surface area (Å²) in [6.45, 7) is 5.09. The van der Waals surface area contributed by atoms with Crippen LogP contribution in [0.25, 0.3) is 11.1 Å². The summed E-state index contributed by atoms with van der Waals surface area (Å²) in [6, 6.07) is 12.3. The second-order valence-electron chi connectivity index (χ2n) is 7.71. The molecule has 0 saturated carbocycles. The van der Waals surface area contributed by atoms with Crippen LogP contribution in [0.3, 0.4) is 0 Å². The van der Waals surface area contributed by atoms with Crippen LogP contribution in [0.4, 0.5) is 23.1 Å². The minimum Gasteiger partial charge on any atom is -0.478 e. The van der Waals surface area contributed by atoms with Gasteiger partial charge in [-0.1, -0.05) is 6.07 Å². The van der Waals surface area contributed by atoms with Gasteiger partial charge in [0.25, 0.3) is 5.91 Å². The van der Waals surface area contributed by atoms with E-state index >= 15 is 0 Å². The summed E-state index contributed by atoms with van der Waals surface area (Å²) in [5.41, 5.74) is 7.53. The largest absolute Gasteiger partial charge is 0.478 e. The fourth-order valence-electron chi connectivity index (χ4n) is 2.91. The zero-order valence-electron chi connectivity index (χ0n) is 17.7. The lowest BCUT2D eigenvalue weighted by Crippen LogP contribution is -2.43. The minimum atomic E-state index is -1.14. The average molecular weight is 434 g/mol. The lowest BCUT2D eigenvalue weighted by molar-refractivity contribution is -0.130. The van der Waals surface area contributed by atoms with E-state index in [1.54, 1.807) is 56.4 Å². The fourth-order valence-corrected chi connectivity index (χ4v) is 2.91. The molecular formula is C22H22N6O4. The third-order valence-electron chi connectivity index (χ3n) is 4.71. The van der Waals surface area contributed by atoms with Gasteiger partial charge in [0.1, 0.15) is 11.6 Å². The Morgan fingerprint density at radius 2 is 1.94 bits per heavy atom. The number of rotatable bonds is 7. The number of anilines is 4. The van der Waals surface area contributed by atoms with E-state index in [4.69, 9.17) is 14.9 Å². The maximum Gasteiger partial charge on any atom is 0.417 e. The Kier molecular flexibility index (Phi) is 5.27. The summed E-state index contributed by atoms with van der Waals surface area (Å²) >= 11 is 0. The Bertz CT molecular complexity index is 1360. The van der Waals surface area contributed by atoms with Crippen LogP contribution >= 0.6 is 0 Å². The quantitative estimate of drug-likeness (QED) is 0.346. The second-order valence-corrected chi connectivity index (χ2v) is 7.71. The molecule has 2 aromatic carbocycles. The number of amides is 1. The van der Waals surface area contributed by atoms with Crippen LogP contribution in [0.5, 0.6) is 5.75 Å². The number of carbonyl (C=O) groups excluding carboxylic acids is 1. The maximum atomic E-state index is 11.5. The SMILES string of the molecule is Cc1cnc(Nc2cccc(OC(C)(C)C(N)=O)c2)nc1Nc1ccc2oc(=O)[nH]c2c1.